The summed E-state index contributed by atoms with van der Waals surface area (Å²) in [7, 11) is 4.91. The van der Waals surface area contributed by atoms with E-state index in [1.54, 1.807) is 21.3 Å². The lowest BCUT2D eigenvalue weighted by Crippen LogP contribution is -3.13. The van der Waals surface area contributed by atoms with Crippen LogP contribution in [0.1, 0.15) is 15.9 Å². The standard InChI is InChI=1S/C21H26N2O4/c1-25-18-7-5-17(6-8-18)21(24)23-12-10-22(11-13-23)15-16-4-9-19(26-2)20(14-16)27-3/h4-9,14H,10-13,15H2,1-3H3/p+1. The van der Waals surface area contributed by atoms with E-state index in [1.807, 2.05) is 41.3 Å². The average molecular weight is 371 g/mol. The number of nitrogens with zero attached hydrogens (tertiary/aromatic N) is 1. The Morgan fingerprint density at radius 3 is 2.19 bits per heavy atom. The number of carbonyl (C=O) groups is 1. The van der Waals surface area contributed by atoms with E-state index < -0.39 is 0 Å². The Morgan fingerprint density at radius 2 is 1.59 bits per heavy atom. The van der Waals surface area contributed by atoms with Crippen LogP contribution in [0.2, 0.25) is 0 Å². The molecule has 1 saturated heterocycles. The van der Waals surface area contributed by atoms with Crippen molar-refractivity contribution >= 4 is 5.91 Å². The number of nitrogens with one attached hydrogen (secondary N) is 1. The predicted octanol–water partition coefficient (Wildman–Crippen LogP) is 1.25. The largest absolute Gasteiger partial charge is 0.497 e. The van der Waals surface area contributed by atoms with E-state index in [0.717, 1.165) is 50.0 Å². The van der Waals surface area contributed by atoms with Gasteiger partial charge in [-0.25, -0.2) is 0 Å². The second-order valence-electron chi connectivity index (χ2n) is 6.64. The smallest absolute Gasteiger partial charge is 0.254 e. The number of hydrogen-bond acceptors (Lipinski definition) is 4. The Balaban J connectivity index is 1.56. The van der Waals surface area contributed by atoms with Crippen LogP contribution in [0.4, 0.5) is 0 Å². The zero-order valence-corrected chi connectivity index (χ0v) is 16.2. The second-order valence-corrected chi connectivity index (χ2v) is 6.64. The van der Waals surface area contributed by atoms with Crippen LogP contribution >= 0.6 is 0 Å². The van der Waals surface area contributed by atoms with Crippen LogP contribution in [0.3, 0.4) is 0 Å². The van der Waals surface area contributed by atoms with Crippen molar-refractivity contribution in [1.29, 1.82) is 0 Å². The summed E-state index contributed by atoms with van der Waals surface area (Å²) in [5.41, 5.74) is 1.91. The van der Waals surface area contributed by atoms with Crippen LogP contribution in [0.5, 0.6) is 17.2 Å². The highest BCUT2D eigenvalue weighted by molar-refractivity contribution is 5.94. The van der Waals surface area contributed by atoms with Gasteiger partial charge in [-0.1, -0.05) is 0 Å². The SMILES string of the molecule is COc1ccc(C(=O)N2CC[NH+](Cc3ccc(OC)c(OC)c3)CC2)cc1. The number of methoxy groups -OCH3 is 3. The number of rotatable bonds is 6. The number of quaternary nitrogens is 1. The first-order valence-corrected chi connectivity index (χ1v) is 9.12. The number of piperazine rings is 1. The fourth-order valence-electron chi connectivity index (χ4n) is 3.40. The molecule has 1 fully saturated rings. The van der Waals surface area contributed by atoms with Crippen LogP contribution in [0.15, 0.2) is 42.5 Å². The number of benzene rings is 2. The molecule has 27 heavy (non-hydrogen) atoms. The molecule has 1 N–H and O–H groups in total. The van der Waals surface area contributed by atoms with E-state index in [0.29, 0.717) is 5.56 Å². The van der Waals surface area contributed by atoms with Gasteiger partial charge in [0.25, 0.3) is 5.91 Å². The van der Waals surface area contributed by atoms with Crippen LogP contribution in [0.25, 0.3) is 0 Å². The van der Waals surface area contributed by atoms with E-state index in [-0.39, 0.29) is 5.91 Å². The van der Waals surface area contributed by atoms with E-state index in [4.69, 9.17) is 14.2 Å². The van der Waals surface area contributed by atoms with Gasteiger partial charge >= 0.3 is 0 Å². The Bertz CT molecular complexity index is 768. The van der Waals surface area contributed by atoms with Crippen molar-refractivity contribution in [2.45, 2.75) is 6.54 Å². The first-order chi connectivity index (χ1) is 13.1. The van der Waals surface area contributed by atoms with Crippen LogP contribution in [-0.4, -0.2) is 58.3 Å². The molecular weight excluding hydrogens is 344 g/mol. The summed E-state index contributed by atoms with van der Waals surface area (Å²) in [6.07, 6.45) is 0. The molecule has 6 heteroatoms. The molecule has 144 valence electrons. The van der Waals surface area contributed by atoms with Gasteiger partial charge in [0, 0.05) is 11.1 Å². The lowest BCUT2D eigenvalue weighted by molar-refractivity contribution is -0.917. The van der Waals surface area contributed by atoms with Crippen LogP contribution in [-0.2, 0) is 6.54 Å². The zero-order valence-electron chi connectivity index (χ0n) is 16.2. The maximum Gasteiger partial charge on any atom is 0.254 e. The maximum absolute atomic E-state index is 12.7. The third-order valence-corrected chi connectivity index (χ3v) is 5.00. The van der Waals surface area contributed by atoms with Gasteiger partial charge in [-0.05, 0) is 42.5 Å². The average Bonchev–Trinajstić information content (AvgIpc) is 2.73. The minimum absolute atomic E-state index is 0.0859. The maximum atomic E-state index is 12.7. The van der Waals surface area contributed by atoms with Crippen molar-refractivity contribution in [3.63, 3.8) is 0 Å². The Hall–Kier alpha value is -2.73. The summed E-state index contributed by atoms with van der Waals surface area (Å²) in [6, 6.07) is 13.3. The monoisotopic (exact) mass is 371 g/mol. The first kappa shape index (κ1) is 19.0. The van der Waals surface area contributed by atoms with Crippen molar-refractivity contribution in [3.8, 4) is 17.2 Å². The fourth-order valence-corrected chi connectivity index (χ4v) is 3.40. The molecule has 0 radical (unpaired) electrons. The summed E-state index contributed by atoms with van der Waals surface area (Å²) < 4.78 is 15.8. The summed E-state index contributed by atoms with van der Waals surface area (Å²) in [4.78, 5) is 16.1. The first-order valence-electron chi connectivity index (χ1n) is 9.12. The molecule has 6 nitrogen and oxygen atoms in total. The second kappa shape index (κ2) is 8.77. The van der Waals surface area contributed by atoms with Gasteiger partial charge in [0.05, 0.1) is 47.5 Å². The molecular formula is C21H27N2O4+. The van der Waals surface area contributed by atoms with Crippen molar-refractivity contribution in [1.82, 2.24) is 4.90 Å². The third-order valence-electron chi connectivity index (χ3n) is 5.00. The summed E-state index contributed by atoms with van der Waals surface area (Å²) in [6.45, 7) is 4.28. The lowest BCUT2D eigenvalue weighted by atomic mass is 10.1. The van der Waals surface area contributed by atoms with Crippen molar-refractivity contribution in [2.24, 2.45) is 0 Å². The predicted molar refractivity (Wildman–Crippen MR) is 103 cm³/mol. The van der Waals surface area contributed by atoms with E-state index in [2.05, 4.69) is 6.07 Å². The summed E-state index contributed by atoms with van der Waals surface area (Å²) >= 11 is 0. The van der Waals surface area contributed by atoms with E-state index in [9.17, 15) is 4.79 Å². The lowest BCUT2D eigenvalue weighted by Gasteiger charge is -2.32. The van der Waals surface area contributed by atoms with E-state index in [1.165, 1.54) is 10.5 Å². The van der Waals surface area contributed by atoms with Gasteiger partial charge < -0.3 is 24.0 Å². The number of ether oxygens (including phenoxy) is 3. The highest BCUT2D eigenvalue weighted by atomic mass is 16.5. The third kappa shape index (κ3) is 4.52. The fraction of sp³-hybridized carbons (Fsp3) is 0.381. The number of amides is 1. The van der Waals surface area contributed by atoms with Gasteiger partial charge in [0.1, 0.15) is 12.3 Å². The molecule has 2 aromatic rings. The molecule has 1 aliphatic rings. The minimum atomic E-state index is 0.0859. The van der Waals surface area contributed by atoms with Crippen molar-refractivity contribution < 1.29 is 23.9 Å². The topological polar surface area (TPSA) is 52.4 Å². The molecule has 3 rings (SSSR count). The van der Waals surface area contributed by atoms with Crippen molar-refractivity contribution in [3.05, 3.63) is 53.6 Å². The number of hydrogen-bond donors (Lipinski definition) is 1. The molecule has 0 saturated carbocycles. The summed E-state index contributed by atoms with van der Waals surface area (Å²) in [5.74, 6) is 2.34. The molecule has 0 unspecified atom stereocenters. The van der Waals surface area contributed by atoms with Gasteiger partial charge in [-0.15, -0.1) is 0 Å². The van der Waals surface area contributed by atoms with Crippen LogP contribution in [0, 0.1) is 0 Å². The molecule has 1 aliphatic heterocycles. The quantitative estimate of drug-likeness (QED) is 0.831. The van der Waals surface area contributed by atoms with Crippen LogP contribution < -0.4 is 19.1 Å². The Kier molecular flexibility index (Phi) is 6.19. The normalized spacial score (nSPS) is 14.7. The molecule has 0 bridgehead atoms. The van der Waals surface area contributed by atoms with E-state index >= 15 is 0 Å². The van der Waals surface area contributed by atoms with Gasteiger partial charge in [0.15, 0.2) is 11.5 Å². The highest BCUT2D eigenvalue weighted by Gasteiger charge is 2.24. The molecule has 0 aromatic heterocycles. The molecule has 2 aromatic carbocycles. The Morgan fingerprint density at radius 1 is 0.926 bits per heavy atom. The van der Waals surface area contributed by atoms with Crippen molar-refractivity contribution in [2.75, 3.05) is 47.5 Å². The zero-order chi connectivity index (χ0) is 19.2. The van der Waals surface area contributed by atoms with Gasteiger partial charge in [-0.3, -0.25) is 4.79 Å². The molecule has 0 atom stereocenters. The molecule has 0 spiro atoms. The minimum Gasteiger partial charge on any atom is -0.497 e. The highest BCUT2D eigenvalue weighted by Crippen LogP contribution is 2.27. The molecule has 1 heterocycles. The van der Waals surface area contributed by atoms with Gasteiger partial charge in [0.2, 0.25) is 0 Å². The van der Waals surface area contributed by atoms with Gasteiger partial charge in [-0.2, -0.15) is 0 Å². The Labute approximate surface area is 160 Å². The number of carbonyl (C=O) groups excluding carboxylic acids is 1. The summed E-state index contributed by atoms with van der Waals surface area (Å²) in [5, 5.41) is 0. The molecule has 1 amide bonds. The molecule has 0 aliphatic carbocycles.